The summed E-state index contributed by atoms with van der Waals surface area (Å²) in [5.41, 5.74) is 1.90. The maximum absolute atomic E-state index is 12.4. The van der Waals surface area contributed by atoms with Crippen molar-refractivity contribution in [3.63, 3.8) is 0 Å². The van der Waals surface area contributed by atoms with Gasteiger partial charge in [0.05, 0.1) is 13.2 Å². The molecule has 0 saturated heterocycles. The molecular weight excluding hydrogens is 350 g/mol. The van der Waals surface area contributed by atoms with Crippen molar-refractivity contribution < 1.29 is 9.53 Å². The minimum absolute atomic E-state index is 0.0457. The number of nitrogens with one attached hydrogen (secondary N) is 1. The second-order valence-corrected chi connectivity index (χ2v) is 6.87. The number of benzene rings is 1. The van der Waals surface area contributed by atoms with Gasteiger partial charge in [0.1, 0.15) is 12.3 Å². The zero-order chi connectivity index (χ0) is 19.1. The van der Waals surface area contributed by atoms with E-state index in [4.69, 9.17) is 4.74 Å². The van der Waals surface area contributed by atoms with E-state index < -0.39 is 0 Å². The van der Waals surface area contributed by atoms with Crippen LogP contribution < -0.4 is 14.9 Å². The standard InChI is InChI=1S/C19H27N3O3S/c1-5-21(6-2)17(15-8-7-9-16(10-15)25-4)11-20-18(23)12-22-14(3)13-26-19(22)24/h7-10,13,17H,5-6,11-12H2,1-4H3,(H,20,23). The van der Waals surface area contributed by atoms with Gasteiger partial charge in [-0.1, -0.05) is 37.3 Å². The van der Waals surface area contributed by atoms with Crippen LogP contribution in [0.2, 0.25) is 0 Å². The van der Waals surface area contributed by atoms with Crippen molar-refractivity contribution in [2.75, 3.05) is 26.7 Å². The van der Waals surface area contributed by atoms with E-state index in [1.54, 1.807) is 12.5 Å². The summed E-state index contributed by atoms with van der Waals surface area (Å²) in [5, 5.41) is 4.75. The zero-order valence-corrected chi connectivity index (χ0v) is 16.6. The number of carbonyl (C=O) groups is 1. The molecule has 6 nitrogen and oxygen atoms in total. The molecular formula is C19H27N3O3S. The first-order valence-electron chi connectivity index (χ1n) is 8.79. The Morgan fingerprint density at radius 3 is 2.65 bits per heavy atom. The van der Waals surface area contributed by atoms with Gasteiger partial charge < -0.3 is 10.1 Å². The maximum atomic E-state index is 12.4. The lowest BCUT2D eigenvalue weighted by molar-refractivity contribution is -0.122. The van der Waals surface area contributed by atoms with Gasteiger partial charge in [-0.3, -0.25) is 19.1 Å². The van der Waals surface area contributed by atoms with Crippen molar-refractivity contribution in [1.29, 1.82) is 0 Å². The Balaban J connectivity index is 2.11. The van der Waals surface area contributed by atoms with Crippen LogP contribution in [0.5, 0.6) is 5.75 Å². The van der Waals surface area contributed by atoms with Crippen LogP contribution in [-0.2, 0) is 11.3 Å². The van der Waals surface area contributed by atoms with E-state index >= 15 is 0 Å². The molecule has 1 aromatic heterocycles. The number of nitrogens with zero attached hydrogens (tertiary/aromatic N) is 2. The predicted molar refractivity (Wildman–Crippen MR) is 105 cm³/mol. The molecule has 1 amide bonds. The molecule has 142 valence electrons. The lowest BCUT2D eigenvalue weighted by Gasteiger charge is -2.30. The summed E-state index contributed by atoms with van der Waals surface area (Å²) in [7, 11) is 1.65. The number of ether oxygens (including phenoxy) is 1. The maximum Gasteiger partial charge on any atom is 0.307 e. The molecule has 0 aliphatic rings. The Bertz CT molecular complexity index is 780. The average Bonchev–Trinajstić information content (AvgIpc) is 2.97. The summed E-state index contributed by atoms with van der Waals surface area (Å²) in [6, 6.07) is 7.96. The number of hydrogen-bond acceptors (Lipinski definition) is 5. The van der Waals surface area contributed by atoms with Crippen LogP contribution >= 0.6 is 11.3 Å². The number of thiazole rings is 1. The van der Waals surface area contributed by atoms with E-state index in [0.717, 1.165) is 41.4 Å². The first-order valence-corrected chi connectivity index (χ1v) is 9.67. The highest BCUT2D eigenvalue weighted by Crippen LogP contribution is 2.23. The second kappa shape index (κ2) is 9.54. The SMILES string of the molecule is CCN(CC)C(CNC(=O)Cn1c(C)csc1=O)c1cccc(OC)c1. The minimum atomic E-state index is -0.159. The first-order chi connectivity index (χ1) is 12.5. The lowest BCUT2D eigenvalue weighted by atomic mass is 10.0. The van der Waals surface area contributed by atoms with E-state index in [1.807, 2.05) is 31.2 Å². The van der Waals surface area contributed by atoms with Gasteiger partial charge in [0.25, 0.3) is 0 Å². The topological polar surface area (TPSA) is 63.6 Å². The summed E-state index contributed by atoms with van der Waals surface area (Å²) in [6.45, 7) is 8.32. The molecule has 1 heterocycles. The highest BCUT2D eigenvalue weighted by Gasteiger charge is 2.20. The van der Waals surface area contributed by atoms with Gasteiger partial charge in [-0.2, -0.15) is 0 Å². The number of likely N-dealkylation sites (N-methyl/N-ethyl adjacent to an activating group) is 1. The zero-order valence-electron chi connectivity index (χ0n) is 15.8. The molecule has 0 bridgehead atoms. The Kier molecular flexibility index (Phi) is 7.41. The second-order valence-electron chi connectivity index (χ2n) is 6.05. The third-order valence-corrected chi connectivity index (χ3v) is 5.38. The van der Waals surface area contributed by atoms with E-state index in [-0.39, 0.29) is 23.4 Å². The summed E-state index contributed by atoms with van der Waals surface area (Å²) in [4.78, 5) is 26.3. The van der Waals surface area contributed by atoms with Crippen LogP contribution in [0.4, 0.5) is 0 Å². The quantitative estimate of drug-likeness (QED) is 0.729. The molecule has 0 spiro atoms. The van der Waals surface area contributed by atoms with Gasteiger partial charge >= 0.3 is 4.87 Å². The van der Waals surface area contributed by atoms with Crippen LogP contribution in [0.3, 0.4) is 0 Å². The van der Waals surface area contributed by atoms with Gasteiger partial charge in [0, 0.05) is 17.6 Å². The molecule has 1 aromatic carbocycles. The van der Waals surface area contributed by atoms with E-state index in [9.17, 15) is 9.59 Å². The molecule has 0 aliphatic carbocycles. The smallest absolute Gasteiger partial charge is 0.307 e. The van der Waals surface area contributed by atoms with Gasteiger partial charge in [-0.05, 0) is 37.7 Å². The predicted octanol–water partition coefficient (Wildman–Crippen LogP) is 2.43. The third-order valence-electron chi connectivity index (χ3n) is 4.50. The Hall–Kier alpha value is -2.12. The number of rotatable bonds is 9. The third kappa shape index (κ3) is 4.95. The average molecular weight is 378 g/mol. The Morgan fingerprint density at radius 1 is 1.35 bits per heavy atom. The highest BCUT2D eigenvalue weighted by atomic mass is 32.1. The minimum Gasteiger partial charge on any atom is -0.497 e. The molecule has 0 saturated carbocycles. The van der Waals surface area contributed by atoms with Crippen molar-refractivity contribution in [2.24, 2.45) is 0 Å². The molecule has 0 radical (unpaired) electrons. The summed E-state index contributed by atoms with van der Waals surface area (Å²) >= 11 is 1.12. The Morgan fingerprint density at radius 2 is 2.08 bits per heavy atom. The molecule has 2 rings (SSSR count). The number of aromatic nitrogens is 1. The van der Waals surface area contributed by atoms with Crippen molar-refractivity contribution in [2.45, 2.75) is 33.4 Å². The van der Waals surface area contributed by atoms with Crippen LogP contribution in [-0.4, -0.2) is 42.1 Å². The molecule has 0 fully saturated rings. The number of methoxy groups -OCH3 is 1. The van der Waals surface area contributed by atoms with Crippen LogP contribution in [0.15, 0.2) is 34.4 Å². The lowest BCUT2D eigenvalue weighted by Crippen LogP contribution is -2.39. The van der Waals surface area contributed by atoms with E-state index in [0.29, 0.717) is 6.54 Å². The largest absolute Gasteiger partial charge is 0.497 e. The number of aryl methyl sites for hydroxylation is 1. The summed E-state index contributed by atoms with van der Waals surface area (Å²) in [5.74, 6) is 0.639. The normalized spacial score (nSPS) is 12.2. The molecule has 7 heteroatoms. The van der Waals surface area contributed by atoms with Crippen molar-refractivity contribution >= 4 is 17.2 Å². The molecule has 1 N–H and O–H groups in total. The fourth-order valence-corrected chi connectivity index (χ4v) is 3.71. The molecule has 1 atom stereocenters. The summed E-state index contributed by atoms with van der Waals surface area (Å²) in [6.07, 6.45) is 0. The van der Waals surface area contributed by atoms with Gasteiger partial charge in [0.15, 0.2) is 0 Å². The van der Waals surface area contributed by atoms with Crippen molar-refractivity contribution in [3.8, 4) is 5.75 Å². The van der Waals surface area contributed by atoms with Gasteiger partial charge in [-0.15, -0.1) is 0 Å². The molecule has 26 heavy (non-hydrogen) atoms. The van der Waals surface area contributed by atoms with Crippen LogP contribution in [0, 0.1) is 6.92 Å². The monoisotopic (exact) mass is 377 g/mol. The Labute approximate surface area is 158 Å². The molecule has 0 aliphatic heterocycles. The number of hydrogen-bond donors (Lipinski definition) is 1. The highest BCUT2D eigenvalue weighted by molar-refractivity contribution is 7.07. The van der Waals surface area contributed by atoms with Crippen molar-refractivity contribution in [3.05, 3.63) is 50.6 Å². The van der Waals surface area contributed by atoms with Gasteiger partial charge in [-0.25, -0.2) is 0 Å². The van der Waals surface area contributed by atoms with Crippen molar-refractivity contribution in [1.82, 2.24) is 14.8 Å². The van der Waals surface area contributed by atoms with Crippen LogP contribution in [0.25, 0.3) is 0 Å². The van der Waals surface area contributed by atoms with E-state index in [1.165, 1.54) is 4.57 Å². The van der Waals surface area contributed by atoms with E-state index in [2.05, 4.69) is 24.1 Å². The summed E-state index contributed by atoms with van der Waals surface area (Å²) < 4.78 is 6.83. The molecule has 2 aromatic rings. The first kappa shape index (κ1) is 20.2. The van der Waals surface area contributed by atoms with Gasteiger partial charge in [0.2, 0.25) is 5.91 Å². The fourth-order valence-electron chi connectivity index (χ4n) is 2.98. The molecule has 1 unspecified atom stereocenters. The number of carbonyl (C=O) groups excluding carboxylic acids is 1. The fraction of sp³-hybridized carbons (Fsp3) is 0.474. The van der Waals surface area contributed by atoms with Crippen LogP contribution in [0.1, 0.15) is 31.1 Å². The number of amides is 1.